The minimum absolute atomic E-state index is 0.102. The summed E-state index contributed by atoms with van der Waals surface area (Å²) in [6, 6.07) is 12.8. The number of hydrogen-bond donors (Lipinski definition) is 0. The van der Waals surface area contributed by atoms with E-state index in [9.17, 15) is 0 Å². The summed E-state index contributed by atoms with van der Waals surface area (Å²) in [7, 11) is 0. The highest BCUT2D eigenvalue weighted by Crippen LogP contribution is 2.51. The smallest absolute Gasteiger partial charge is 0.210 e. The number of nitrogens with zero attached hydrogens (tertiary/aromatic N) is 2. The van der Waals surface area contributed by atoms with Crippen LogP contribution in [0.2, 0.25) is 0 Å². The van der Waals surface area contributed by atoms with Crippen LogP contribution in [0, 0.1) is 10.8 Å². The zero-order valence-corrected chi connectivity index (χ0v) is 39.7. The highest BCUT2D eigenvalue weighted by molar-refractivity contribution is 5.89. The molecule has 0 aromatic heterocycles. The van der Waals surface area contributed by atoms with Gasteiger partial charge in [0.2, 0.25) is 5.36 Å². The number of benzene rings is 3. The predicted octanol–water partition coefficient (Wildman–Crippen LogP) is 12.5. The van der Waals surface area contributed by atoms with Gasteiger partial charge in [0.15, 0.2) is 0 Å². The highest BCUT2D eigenvalue weighted by Gasteiger charge is 2.36. The molecule has 0 atom stereocenters. The van der Waals surface area contributed by atoms with Crippen molar-refractivity contribution >= 4 is 22.4 Å². The van der Waals surface area contributed by atoms with Gasteiger partial charge >= 0.3 is 0 Å². The van der Waals surface area contributed by atoms with Gasteiger partial charge in [-0.3, -0.25) is 0 Å². The molecule has 9 aliphatic rings. The van der Waals surface area contributed by atoms with E-state index in [2.05, 4.69) is 118 Å². The van der Waals surface area contributed by atoms with Crippen molar-refractivity contribution in [2.24, 2.45) is 10.8 Å². The standard InChI is InChI=1S/C60H69N2O2/c1-59(2,3)52-35-41(50-33-43-14-8-26-61-28-10-16-48(55(43)61)57(50)63-52)24-22-39-12-7-13-40(54(39)47-31-45(37-18-19-37)30-46(32-47)38-20-21-38)23-25-42-36-53(60(4,5)6)64-58-49-17-11-29-62-27-9-15-44(56(49)62)34-51(42)58/h22-25,30-38H,7-21,26-29H2,1-6H3/q+1. The molecule has 3 aromatic rings. The van der Waals surface area contributed by atoms with Crippen LogP contribution >= 0.6 is 0 Å². The Morgan fingerprint density at radius 3 is 2.03 bits per heavy atom. The molecule has 330 valence electrons. The van der Waals surface area contributed by atoms with Crippen molar-refractivity contribution in [1.29, 1.82) is 0 Å². The predicted molar refractivity (Wildman–Crippen MR) is 265 cm³/mol. The molecule has 4 heteroatoms. The van der Waals surface area contributed by atoms with Crippen LogP contribution in [0.15, 0.2) is 89.5 Å². The van der Waals surface area contributed by atoms with Crippen molar-refractivity contribution in [3.8, 4) is 11.5 Å². The average Bonchev–Trinajstić information content (AvgIpc) is 4.22. The number of rotatable bonds is 6. The van der Waals surface area contributed by atoms with Gasteiger partial charge in [-0.2, -0.15) is 0 Å². The molecule has 6 aliphatic heterocycles. The molecule has 0 bridgehead atoms. The number of aryl methyl sites for hydroxylation is 2. The van der Waals surface area contributed by atoms with Crippen LogP contribution in [0.25, 0.3) is 16.7 Å². The maximum Gasteiger partial charge on any atom is 0.210 e. The van der Waals surface area contributed by atoms with Crippen LogP contribution in [0.4, 0.5) is 5.69 Å². The molecule has 6 heterocycles. The van der Waals surface area contributed by atoms with Gasteiger partial charge in [-0.1, -0.05) is 84.0 Å². The molecule has 64 heavy (non-hydrogen) atoms. The minimum atomic E-state index is -0.102. The number of anilines is 1. The first kappa shape index (κ1) is 40.7. The van der Waals surface area contributed by atoms with Crippen LogP contribution in [-0.2, 0) is 25.7 Å². The van der Waals surface area contributed by atoms with Gasteiger partial charge in [-0.25, -0.2) is 4.58 Å². The fourth-order valence-electron chi connectivity index (χ4n) is 12.2. The third-order valence-electron chi connectivity index (χ3n) is 15.9. The Kier molecular flexibility index (Phi) is 9.77. The van der Waals surface area contributed by atoms with Crippen molar-refractivity contribution < 1.29 is 9.47 Å². The van der Waals surface area contributed by atoms with E-state index in [0.717, 1.165) is 79.8 Å². The van der Waals surface area contributed by atoms with E-state index in [-0.39, 0.29) is 10.8 Å². The monoisotopic (exact) mass is 850 g/mol. The van der Waals surface area contributed by atoms with Crippen molar-refractivity contribution in [2.45, 2.75) is 150 Å². The average molecular weight is 850 g/mol. The third-order valence-corrected chi connectivity index (χ3v) is 15.9. The lowest BCUT2D eigenvalue weighted by Gasteiger charge is -2.40. The SMILES string of the molecule is CC(C)(C)C1=C/C(=C\C=C2/CCCC(/C=C/C3=c4cc5c6c(c4OC(C(C)(C)C)=C3)CCC[N+]=6CCC5)=C2c2cc(C3CC3)cc(C3CC3)c2)c2cc3c4c(c2O1)CCCN4CCC3. The minimum Gasteiger partial charge on any atom is -0.460 e. The van der Waals surface area contributed by atoms with Gasteiger partial charge < -0.3 is 14.4 Å². The Labute approximate surface area is 382 Å². The van der Waals surface area contributed by atoms with Crippen LogP contribution in [0.3, 0.4) is 0 Å². The number of fused-ring (bicyclic) bond motifs is 4. The molecular weight excluding hydrogens is 781 g/mol. The Morgan fingerprint density at radius 1 is 0.625 bits per heavy atom. The van der Waals surface area contributed by atoms with Gasteiger partial charge in [0.1, 0.15) is 36.1 Å². The second-order valence-corrected chi connectivity index (χ2v) is 22.9. The highest BCUT2D eigenvalue weighted by atomic mass is 16.5. The third kappa shape index (κ3) is 7.30. The van der Waals surface area contributed by atoms with E-state index in [4.69, 9.17) is 9.47 Å². The topological polar surface area (TPSA) is 24.7 Å². The zero-order valence-electron chi connectivity index (χ0n) is 39.7. The molecule has 2 fully saturated rings. The summed E-state index contributed by atoms with van der Waals surface area (Å²) >= 11 is 0. The Morgan fingerprint density at radius 2 is 1.30 bits per heavy atom. The summed E-state index contributed by atoms with van der Waals surface area (Å²) in [6.07, 6.45) is 32.8. The van der Waals surface area contributed by atoms with Gasteiger partial charge in [-0.05, 0) is 170 Å². The van der Waals surface area contributed by atoms with Crippen LogP contribution < -0.4 is 29.5 Å². The summed E-state index contributed by atoms with van der Waals surface area (Å²) in [4.78, 5) is 2.65. The van der Waals surface area contributed by atoms with Gasteiger partial charge in [0.25, 0.3) is 0 Å². The van der Waals surface area contributed by atoms with E-state index in [1.807, 2.05) is 0 Å². The second kappa shape index (κ2) is 15.4. The molecule has 0 saturated heterocycles. The Bertz CT molecular complexity index is 2800. The lowest BCUT2D eigenvalue weighted by molar-refractivity contribution is 0.286. The molecule has 4 nitrogen and oxygen atoms in total. The maximum atomic E-state index is 7.01. The largest absolute Gasteiger partial charge is 0.460 e. The van der Waals surface area contributed by atoms with Crippen molar-refractivity contribution in [1.82, 2.24) is 4.58 Å². The zero-order chi connectivity index (χ0) is 43.5. The summed E-state index contributed by atoms with van der Waals surface area (Å²) in [5, 5.41) is 2.77. The second-order valence-electron chi connectivity index (χ2n) is 22.9. The first-order valence-corrected chi connectivity index (χ1v) is 25.5. The summed E-state index contributed by atoms with van der Waals surface area (Å²) in [5.74, 6) is 5.82. The first-order chi connectivity index (χ1) is 30.9. The fraction of sp³-hybridized carbons (Fsp3) is 0.483. The summed E-state index contributed by atoms with van der Waals surface area (Å²) < 4.78 is 16.7. The van der Waals surface area contributed by atoms with Crippen LogP contribution in [-0.4, -0.2) is 26.2 Å². The molecule has 0 amide bonds. The summed E-state index contributed by atoms with van der Waals surface area (Å²) in [6.45, 7) is 18.5. The van der Waals surface area contributed by atoms with E-state index in [0.29, 0.717) is 0 Å². The molecule has 0 spiro atoms. The fourth-order valence-corrected chi connectivity index (χ4v) is 12.2. The van der Waals surface area contributed by atoms with Crippen LogP contribution in [0.5, 0.6) is 11.5 Å². The molecule has 12 rings (SSSR count). The molecule has 3 aliphatic carbocycles. The van der Waals surface area contributed by atoms with Crippen molar-refractivity contribution in [2.75, 3.05) is 31.1 Å². The van der Waals surface area contributed by atoms with Gasteiger partial charge in [0.05, 0.1) is 5.56 Å². The van der Waals surface area contributed by atoms with Gasteiger partial charge in [-0.15, -0.1) is 0 Å². The van der Waals surface area contributed by atoms with Crippen LogP contribution in [0.1, 0.15) is 169 Å². The quantitative estimate of drug-likeness (QED) is 0.231. The molecular formula is C60H69N2O2+. The lowest BCUT2D eigenvalue weighted by Crippen LogP contribution is -2.45. The Balaban J connectivity index is 1.04. The molecule has 3 aromatic carbocycles. The van der Waals surface area contributed by atoms with Crippen molar-refractivity contribution in [3.63, 3.8) is 0 Å². The molecule has 0 radical (unpaired) electrons. The lowest BCUT2D eigenvalue weighted by atomic mass is 9.80. The van der Waals surface area contributed by atoms with Crippen molar-refractivity contribution in [3.05, 3.63) is 145 Å². The van der Waals surface area contributed by atoms with E-state index in [1.165, 1.54) is 155 Å². The van der Waals surface area contributed by atoms with E-state index >= 15 is 0 Å². The number of hydrogen-bond acceptors (Lipinski definition) is 3. The van der Waals surface area contributed by atoms with Gasteiger partial charge in [0, 0.05) is 64.4 Å². The summed E-state index contributed by atoms with van der Waals surface area (Å²) in [5.41, 5.74) is 20.1. The maximum absolute atomic E-state index is 7.01. The van der Waals surface area contributed by atoms with E-state index in [1.54, 1.807) is 11.1 Å². The number of allylic oxidation sites excluding steroid dienone is 12. The molecule has 0 unspecified atom stereocenters. The van der Waals surface area contributed by atoms with E-state index < -0.39 is 0 Å². The Hall–Kier alpha value is -4.83. The number of ether oxygens (including phenoxy) is 2. The first-order valence-electron chi connectivity index (χ1n) is 25.5. The normalized spacial score (nSPS) is 23.1. The molecule has 2 saturated carbocycles. The molecule has 0 N–H and O–H groups in total.